The van der Waals surface area contributed by atoms with E-state index in [1.807, 2.05) is 6.92 Å². The van der Waals surface area contributed by atoms with Gasteiger partial charge >= 0.3 is 5.97 Å². The van der Waals surface area contributed by atoms with Crippen molar-refractivity contribution in [2.24, 2.45) is 0 Å². The van der Waals surface area contributed by atoms with E-state index < -0.39 is 11.5 Å². The highest BCUT2D eigenvalue weighted by molar-refractivity contribution is 5.83. The topological polar surface area (TPSA) is 49.3 Å². The van der Waals surface area contributed by atoms with E-state index >= 15 is 0 Å². The quantitative estimate of drug-likeness (QED) is 0.623. The maximum atomic E-state index is 11.0. The van der Waals surface area contributed by atoms with Crippen molar-refractivity contribution in [1.82, 2.24) is 5.32 Å². The Hall–Kier alpha value is -0.830. The number of aliphatic carboxylic acids is 1. The minimum absolute atomic E-state index is 0.676. The molecular weight excluding hydrogens is 154 g/mol. The molecule has 1 heterocycles. The van der Waals surface area contributed by atoms with Crippen LogP contribution in [0.15, 0.2) is 12.2 Å². The van der Waals surface area contributed by atoms with Gasteiger partial charge in [0.05, 0.1) is 0 Å². The van der Waals surface area contributed by atoms with Crippen LogP contribution in [0.4, 0.5) is 0 Å². The molecule has 1 atom stereocenters. The average Bonchev–Trinajstić information content (AvgIpc) is 2.52. The molecule has 12 heavy (non-hydrogen) atoms. The van der Waals surface area contributed by atoms with Gasteiger partial charge in [-0.25, -0.2) is 4.79 Å². The summed E-state index contributed by atoms with van der Waals surface area (Å²) in [6, 6.07) is 0. The monoisotopic (exact) mass is 169 g/mol. The molecule has 0 aromatic rings. The van der Waals surface area contributed by atoms with Crippen molar-refractivity contribution in [1.29, 1.82) is 0 Å². The lowest BCUT2D eigenvalue weighted by Gasteiger charge is -2.26. The lowest BCUT2D eigenvalue weighted by atomic mass is 9.88. The zero-order chi connectivity index (χ0) is 9.19. The van der Waals surface area contributed by atoms with Crippen LogP contribution in [0, 0.1) is 0 Å². The summed E-state index contributed by atoms with van der Waals surface area (Å²) in [5.74, 6) is -0.785. The molecule has 0 radical (unpaired) electrons. The molecule has 1 rings (SSSR count). The maximum Gasteiger partial charge on any atom is 0.328 e. The fourth-order valence-electron chi connectivity index (χ4n) is 1.68. The normalized spacial score (nSPS) is 28.8. The van der Waals surface area contributed by atoms with Crippen molar-refractivity contribution in [2.45, 2.75) is 31.7 Å². The third kappa shape index (κ3) is 1.25. The van der Waals surface area contributed by atoms with Gasteiger partial charge in [0.15, 0.2) is 0 Å². The molecule has 1 aliphatic rings. The highest BCUT2D eigenvalue weighted by Crippen LogP contribution is 2.28. The number of carbonyl (C=O) groups is 1. The molecule has 3 nitrogen and oxygen atoms in total. The largest absolute Gasteiger partial charge is 0.480 e. The summed E-state index contributed by atoms with van der Waals surface area (Å²) in [4.78, 5) is 11.0. The highest BCUT2D eigenvalue weighted by Gasteiger charge is 2.42. The maximum absolute atomic E-state index is 11.0. The van der Waals surface area contributed by atoms with Gasteiger partial charge in [-0.1, -0.05) is 13.5 Å². The van der Waals surface area contributed by atoms with Crippen LogP contribution in [0.25, 0.3) is 0 Å². The summed E-state index contributed by atoms with van der Waals surface area (Å²) >= 11 is 0. The zero-order valence-corrected chi connectivity index (χ0v) is 7.39. The Labute approximate surface area is 72.5 Å². The van der Waals surface area contributed by atoms with Crippen LogP contribution in [0.5, 0.6) is 0 Å². The van der Waals surface area contributed by atoms with Gasteiger partial charge < -0.3 is 5.11 Å². The van der Waals surface area contributed by atoms with E-state index in [0.717, 1.165) is 25.0 Å². The first-order valence-electron chi connectivity index (χ1n) is 4.30. The van der Waals surface area contributed by atoms with Crippen LogP contribution < -0.4 is 5.32 Å². The van der Waals surface area contributed by atoms with Crippen molar-refractivity contribution in [3.05, 3.63) is 12.2 Å². The van der Waals surface area contributed by atoms with E-state index in [4.69, 9.17) is 5.11 Å². The van der Waals surface area contributed by atoms with E-state index in [1.165, 1.54) is 0 Å². The van der Waals surface area contributed by atoms with Crippen LogP contribution in [0.3, 0.4) is 0 Å². The fraction of sp³-hybridized carbons (Fsp3) is 0.667. The second-order valence-corrected chi connectivity index (χ2v) is 3.20. The summed E-state index contributed by atoms with van der Waals surface area (Å²) in [6.45, 7) is 6.53. The minimum atomic E-state index is -0.825. The smallest absolute Gasteiger partial charge is 0.328 e. The molecule has 0 saturated carbocycles. The van der Waals surface area contributed by atoms with Gasteiger partial charge in [-0.05, 0) is 31.4 Å². The molecule has 0 aliphatic carbocycles. The molecule has 1 saturated heterocycles. The summed E-state index contributed by atoms with van der Waals surface area (Å²) in [6.07, 6.45) is 2.32. The van der Waals surface area contributed by atoms with Gasteiger partial charge in [0.2, 0.25) is 0 Å². The Balaban J connectivity index is 2.86. The van der Waals surface area contributed by atoms with Gasteiger partial charge in [-0.3, -0.25) is 5.32 Å². The van der Waals surface area contributed by atoms with Crippen molar-refractivity contribution < 1.29 is 9.90 Å². The summed E-state index contributed by atoms with van der Waals surface area (Å²) in [7, 11) is 0. The molecule has 0 aromatic carbocycles. The van der Waals surface area contributed by atoms with Crippen molar-refractivity contribution >= 4 is 5.97 Å². The molecule has 68 valence electrons. The molecule has 0 unspecified atom stereocenters. The van der Waals surface area contributed by atoms with Gasteiger partial charge in [-0.15, -0.1) is 0 Å². The predicted octanol–water partition coefficient (Wildman–Crippen LogP) is 1.16. The first kappa shape index (κ1) is 9.26. The van der Waals surface area contributed by atoms with Gasteiger partial charge in [0, 0.05) is 0 Å². The minimum Gasteiger partial charge on any atom is -0.480 e. The highest BCUT2D eigenvalue weighted by atomic mass is 16.4. The molecule has 0 bridgehead atoms. The van der Waals surface area contributed by atoms with Crippen molar-refractivity contribution in [3.63, 3.8) is 0 Å². The zero-order valence-electron chi connectivity index (χ0n) is 7.39. The molecule has 2 N–H and O–H groups in total. The van der Waals surface area contributed by atoms with Crippen LogP contribution >= 0.6 is 0 Å². The number of carboxylic acids is 1. The lowest BCUT2D eigenvalue weighted by molar-refractivity contribution is -0.142. The second-order valence-electron chi connectivity index (χ2n) is 3.20. The van der Waals surface area contributed by atoms with Gasteiger partial charge in [-0.2, -0.15) is 0 Å². The Morgan fingerprint density at radius 1 is 1.75 bits per heavy atom. The number of nitrogens with one attached hydrogen (secondary N) is 1. The van der Waals surface area contributed by atoms with Crippen LogP contribution in [0.2, 0.25) is 0 Å². The SMILES string of the molecule is C=C(CC)[C@@]1(C(=O)O)CCCN1. The molecule has 0 amide bonds. The van der Waals surface area contributed by atoms with Crippen molar-refractivity contribution in [3.8, 4) is 0 Å². The lowest BCUT2D eigenvalue weighted by Crippen LogP contribution is -2.48. The van der Waals surface area contributed by atoms with E-state index in [0.29, 0.717) is 6.42 Å². The van der Waals surface area contributed by atoms with Crippen LogP contribution in [-0.2, 0) is 4.79 Å². The summed E-state index contributed by atoms with van der Waals surface area (Å²) < 4.78 is 0. The molecule has 1 aliphatic heterocycles. The Morgan fingerprint density at radius 2 is 2.42 bits per heavy atom. The second kappa shape index (κ2) is 3.27. The molecule has 0 spiro atoms. The molecule has 1 fully saturated rings. The van der Waals surface area contributed by atoms with Gasteiger partial charge in [0.1, 0.15) is 5.54 Å². The number of hydrogen-bond donors (Lipinski definition) is 2. The fourth-order valence-corrected chi connectivity index (χ4v) is 1.68. The van der Waals surface area contributed by atoms with Crippen molar-refractivity contribution in [2.75, 3.05) is 6.54 Å². The third-order valence-electron chi connectivity index (χ3n) is 2.55. The Morgan fingerprint density at radius 3 is 2.75 bits per heavy atom. The number of hydrogen-bond acceptors (Lipinski definition) is 2. The van der Waals surface area contributed by atoms with Crippen LogP contribution in [-0.4, -0.2) is 23.2 Å². The molecule has 0 aromatic heterocycles. The summed E-state index contributed by atoms with van der Waals surface area (Å²) in [5.41, 5.74) is -0.0399. The Kier molecular flexibility index (Phi) is 2.52. The molecular formula is C9H15NO2. The third-order valence-corrected chi connectivity index (χ3v) is 2.55. The molecule has 3 heteroatoms. The van der Waals surface area contributed by atoms with E-state index in [1.54, 1.807) is 0 Å². The van der Waals surface area contributed by atoms with E-state index in [2.05, 4.69) is 11.9 Å². The Bertz CT molecular complexity index is 205. The summed E-state index contributed by atoms with van der Waals surface area (Å²) in [5, 5.41) is 12.1. The first-order chi connectivity index (χ1) is 5.63. The standard InChI is InChI=1S/C9H15NO2/c1-3-7(2)9(8(11)12)5-4-6-10-9/h10H,2-6H2,1H3,(H,11,12)/t9-/m1/s1. The average molecular weight is 169 g/mol. The van der Waals surface area contributed by atoms with Gasteiger partial charge in [0.25, 0.3) is 0 Å². The van der Waals surface area contributed by atoms with E-state index in [9.17, 15) is 4.79 Å². The number of rotatable bonds is 3. The van der Waals surface area contributed by atoms with E-state index in [-0.39, 0.29) is 0 Å². The first-order valence-corrected chi connectivity index (χ1v) is 4.30. The predicted molar refractivity (Wildman–Crippen MR) is 47.0 cm³/mol. The number of carboxylic acid groups (broad SMARTS) is 1. The van der Waals surface area contributed by atoms with Crippen LogP contribution in [0.1, 0.15) is 26.2 Å².